The number of allylic oxidation sites excluding steroid dienone is 2. The molecule has 7 heteroatoms. The number of rotatable bonds is 5. The van der Waals surface area contributed by atoms with Gasteiger partial charge < -0.3 is 5.32 Å². The van der Waals surface area contributed by atoms with Gasteiger partial charge in [-0.1, -0.05) is 39.8 Å². The fourth-order valence-electron chi connectivity index (χ4n) is 5.23. The second-order valence-electron chi connectivity index (χ2n) is 9.26. The minimum atomic E-state index is -3.37. The Morgan fingerprint density at radius 2 is 1.97 bits per heavy atom. The largest absolute Gasteiger partial charge is 0.362 e. The van der Waals surface area contributed by atoms with Crippen LogP contribution in [0.25, 0.3) is 0 Å². The molecular weight excluding hydrogens is 398 g/mol. The number of carbonyl (C=O) groups is 1. The average molecular weight is 428 g/mol. The molecule has 2 atom stereocenters. The van der Waals surface area contributed by atoms with Crippen molar-refractivity contribution in [2.75, 3.05) is 5.75 Å². The lowest BCUT2D eigenvalue weighted by atomic mass is 9.59. The molecule has 4 rings (SSSR count). The third-order valence-corrected chi connectivity index (χ3v) is 8.39. The summed E-state index contributed by atoms with van der Waals surface area (Å²) in [6.07, 6.45) is 3.83. The molecule has 0 bridgehead atoms. The van der Waals surface area contributed by atoms with Crippen LogP contribution in [-0.2, 0) is 20.0 Å². The van der Waals surface area contributed by atoms with Crippen LogP contribution in [0.2, 0.25) is 0 Å². The Hall–Kier alpha value is -2.28. The number of benzene rings is 1. The molecule has 0 aromatic heterocycles. The average Bonchev–Trinajstić information content (AvgIpc) is 3.14. The third kappa shape index (κ3) is 3.14. The maximum Gasteiger partial charge on any atom is 0.178 e. The molecule has 2 heterocycles. The summed E-state index contributed by atoms with van der Waals surface area (Å²) in [5.41, 5.74) is 2.56. The number of nitrogens with one attached hydrogen (secondary N) is 1. The van der Waals surface area contributed by atoms with E-state index in [-0.39, 0.29) is 23.1 Å². The number of fused-ring (bicyclic) bond motifs is 1. The lowest BCUT2D eigenvalue weighted by molar-refractivity contribution is -0.119. The van der Waals surface area contributed by atoms with Gasteiger partial charge in [-0.05, 0) is 42.4 Å². The van der Waals surface area contributed by atoms with Gasteiger partial charge in [-0.2, -0.15) is 10.2 Å². The lowest BCUT2D eigenvalue weighted by Crippen LogP contribution is -2.51. The van der Waals surface area contributed by atoms with E-state index in [1.165, 1.54) is 0 Å². The first-order chi connectivity index (χ1) is 14.1. The lowest BCUT2D eigenvalue weighted by Gasteiger charge is -2.47. The first kappa shape index (κ1) is 21.0. The van der Waals surface area contributed by atoms with E-state index >= 15 is 0 Å². The van der Waals surface area contributed by atoms with Crippen LogP contribution in [0.5, 0.6) is 0 Å². The van der Waals surface area contributed by atoms with E-state index in [2.05, 4.69) is 29.4 Å². The highest BCUT2D eigenvalue weighted by molar-refractivity contribution is 7.91. The van der Waals surface area contributed by atoms with Crippen molar-refractivity contribution in [1.82, 2.24) is 5.32 Å². The van der Waals surface area contributed by atoms with Gasteiger partial charge in [0.15, 0.2) is 21.8 Å². The highest BCUT2D eigenvalue weighted by Crippen LogP contribution is 2.53. The molecule has 0 radical (unpaired) electrons. The summed E-state index contributed by atoms with van der Waals surface area (Å²) < 4.78 is 25.6. The Balaban J connectivity index is 1.96. The molecule has 6 nitrogen and oxygen atoms in total. The van der Waals surface area contributed by atoms with E-state index in [1.54, 1.807) is 24.4 Å². The zero-order valence-corrected chi connectivity index (χ0v) is 18.8. The molecule has 0 fully saturated rings. The Labute approximate surface area is 178 Å². The van der Waals surface area contributed by atoms with Crippen molar-refractivity contribution in [1.29, 1.82) is 0 Å². The van der Waals surface area contributed by atoms with E-state index in [0.717, 1.165) is 28.8 Å². The van der Waals surface area contributed by atoms with Crippen LogP contribution in [0.15, 0.2) is 62.4 Å². The van der Waals surface area contributed by atoms with Crippen LogP contribution < -0.4 is 5.32 Å². The molecule has 0 saturated heterocycles. The van der Waals surface area contributed by atoms with Gasteiger partial charge in [-0.3, -0.25) is 4.79 Å². The molecule has 0 saturated carbocycles. The van der Waals surface area contributed by atoms with Gasteiger partial charge in [0.1, 0.15) is 0 Å². The summed E-state index contributed by atoms with van der Waals surface area (Å²) in [6.45, 7) is 8.11. The highest BCUT2D eigenvalue weighted by Gasteiger charge is 2.53. The zero-order chi connectivity index (χ0) is 21.7. The highest BCUT2D eigenvalue weighted by atomic mass is 32.2. The van der Waals surface area contributed by atoms with Crippen molar-refractivity contribution < 1.29 is 13.2 Å². The Morgan fingerprint density at radius 1 is 1.20 bits per heavy atom. The minimum absolute atomic E-state index is 0.105. The SMILES string of the molecule is CCCS(=O)(=O)c1cccc([C@]2(CC)C3=CN=NC3NC3=C2C(=O)CC(C)(C)C3)c1. The van der Waals surface area contributed by atoms with Crippen LogP contribution in [0, 0.1) is 5.41 Å². The summed E-state index contributed by atoms with van der Waals surface area (Å²) >= 11 is 0. The van der Waals surface area contributed by atoms with E-state index in [0.29, 0.717) is 24.2 Å². The second-order valence-corrected chi connectivity index (χ2v) is 11.4. The van der Waals surface area contributed by atoms with Gasteiger partial charge in [-0.25, -0.2) is 8.42 Å². The molecule has 30 heavy (non-hydrogen) atoms. The quantitative estimate of drug-likeness (QED) is 0.752. The summed E-state index contributed by atoms with van der Waals surface area (Å²) in [6, 6.07) is 7.13. The molecule has 2 aliphatic heterocycles. The van der Waals surface area contributed by atoms with Crippen LogP contribution in [0.3, 0.4) is 0 Å². The Morgan fingerprint density at radius 3 is 2.67 bits per heavy atom. The van der Waals surface area contributed by atoms with Gasteiger partial charge in [0, 0.05) is 23.3 Å². The molecule has 160 valence electrons. The number of azo groups is 1. The van der Waals surface area contributed by atoms with Gasteiger partial charge in [-0.15, -0.1) is 0 Å². The normalized spacial score (nSPS) is 27.4. The van der Waals surface area contributed by atoms with E-state index in [9.17, 15) is 13.2 Å². The van der Waals surface area contributed by atoms with Crippen molar-refractivity contribution in [3.63, 3.8) is 0 Å². The summed E-state index contributed by atoms with van der Waals surface area (Å²) in [7, 11) is -3.37. The Kier molecular flexibility index (Phi) is 5.00. The van der Waals surface area contributed by atoms with Gasteiger partial charge in [0.2, 0.25) is 0 Å². The maximum absolute atomic E-state index is 13.5. The molecule has 3 aliphatic rings. The van der Waals surface area contributed by atoms with Crippen molar-refractivity contribution in [3.05, 3.63) is 52.9 Å². The second kappa shape index (κ2) is 7.15. The number of hydrogen-bond acceptors (Lipinski definition) is 6. The molecular formula is C23H29N3O3S. The number of sulfone groups is 1. The number of Topliss-reactive ketones (excluding diaryl/α,β-unsaturated/α-hetero) is 1. The fraction of sp³-hybridized carbons (Fsp3) is 0.522. The predicted molar refractivity (Wildman–Crippen MR) is 116 cm³/mol. The maximum atomic E-state index is 13.5. The third-order valence-electron chi connectivity index (χ3n) is 6.47. The number of carbonyl (C=O) groups excluding carboxylic acids is 1. The summed E-state index contributed by atoms with van der Waals surface area (Å²) in [4.78, 5) is 13.8. The fourth-order valence-corrected chi connectivity index (χ4v) is 6.60. The van der Waals surface area contributed by atoms with Gasteiger partial charge in [0.25, 0.3) is 0 Å². The summed E-state index contributed by atoms with van der Waals surface area (Å²) in [5.74, 6) is 0.220. The van der Waals surface area contributed by atoms with Crippen LogP contribution in [-0.4, -0.2) is 26.1 Å². The van der Waals surface area contributed by atoms with Gasteiger partial charge in [0.05, 0.1) is 22.3 Å². The predicted octanol–water partition coefficient (Wildman–Crippen LogP) is 4.44. The smallest absolute Gasteiger partial charge is 0.178 e. The van der Waals surface area contributed by atoms with E-state index < -0.39 is 15.3 Å². The molecule has 1 N–H and O–H groups in total. The number of ketones is 1. The van der Waals surface area contributed by atoms with E-state index in [4.69, 9.17) is 0 Å². The first-order valence-corrected chi connectivity index (χ1v) is 12.3. The molecule has 0 amide bonds. The van der Waals surface area contributed by atoms with E-state index in [1.807, 2.05) is 19.9 Å². The molecule has 1 aromatic carbocycles. The number of nitrogens with zero attached hydrogens (tertiary/aromatic N) is 2. The molecule has 1 unspecified atom stereocenters. The van der Waals surface area contributed by atoms with Crippen molar-refractivity contribution in [3.8, 4) is 0 Å². The van der Waals surface area contributed by atoms with Crippen molar-refractivity contribution in [2.24, 2.45) is 15.6 Å². The van der Waals surface area contributed by atoms with Gasteiger partial charge >= 0.3 is 0 Å². The minimum Gasteiger partial charge on any atom is -0.362 e. The topological polar surface area (TPSA) is 88.0 Å². The van der Waals surface area contributed by atoms with Crippen molar-refractivity contribution >= 4 is 15.6 Å². The number of hydrogen-bond donors (Lipinski definition) is 1. The zero-order valence-electron chi connectivity index (χ0n) is 18.0. The molecule has 1 aromatic rings. The van der Waals surface area contributed by atoms with Crippen LogP contribution in [0.1, 0.15) is 58.9 Å². The molecule has 1 aliphatic carbocycles. The first-order valence-electron chi connectivity index (χ1n) is 10.6. The Bertz CT molecular complexity index is 1100. The van der Waals surface area contributed by atoms with Crippen molar-refractivity contribution in [2.45, 2.75) is 69.9 Å². The van der Waals surface area contributed by atoms with Crippen LogP contribution in [0.4, 0.5) is 0 Å². The monoisotopic (exact) mass is 427 g/mol. The van der Waals surface area contributed by atoms with Crippen LogP contribution >= 0.6 is 0 Å². The standard InChI is InChI=1S/C23H29N3O3S/c1-5-10-30(28,29)16-9-7-8-15(11-16)23(6-2)17-14-24-26-21(17)25-18-12-22(3,4)13-19(27)20(18)23/h7-9,11,14,21,25H,5-6,10,12-13H2,1-4H3/t21?,23-/m1/s1. The summed E-state index contributed by atoms with van der Waals surface area (Å²) in [5, 5.41) is 11.9. The molecule has 0 spiro atoms.